The van der Waals surface area contributed by atoms with Crippen LogP contribution in [0.1, 0.15) is 37.4 Å². The highest BCUT2D eigenvalue weighted by Gasteiger charge is 2.41. The minimum absolute atomic E-state index is 0.0739. The molecule has 210 valence electrons. The van der Waals surface area contributed by atoms with Crippen LogP contribution in [0, 0.1) is 28.7 Å². The number of methoxy groups -OCH3 is 1. The molecule has 0 bridgehead atoms. The van der Waals surface area contributed by atoms with Gasteiger partial charge in [-0.3, -0.25) is 15.0 Å². The Labute approximate surface area is 226 Å². The summed E-state index contributed by atoms with van der Waals surface area (Å²) in [5.41, 5.74) is 0.911. The van der Waals surface area contributed by atoms with E-state index in [1.807, 2.05) is 4.90 Å². The van der Waals surface area contributed by atoms with Crippen LogP contribution in [0.2, 0.25) is 0 Å². The number of amides is 1. The SMILES string of the molecule is COc1ccc2ncc(F)c(C(F)CCC3(C(=O)NO)CCN(CCSc4cc(F)c(F)c(F)c4)CC3)c2c1. The van der Waals surface area contributed by atoms with E-state index in [0.717, 1.165) is 18.3 Å². The zero-order valence-electron chi connectivity index (χ0n) is 21.2. The van der Waals surface area contributed by atoms with Crippen LogP contribution in [0.4, 0.5) is 22.0 Å². The highest BCUT2D eigenvalue weighted by Crippen LogP contribution is 2.41. The maximum absolute atomic E-state index is 15.5. The van der Waals surface area contributed by atoms with Crippen LogP contribution in [-0.4, -0.2) is 53.5 Å². The summed E-state index contributed by atoms with van der Waals surface area (Å²) in [6.45, 7) is 1.45. The summed E-state index contributed by atoms with van der Waals surface area (Å²) in [5.74, 6) is -4.53. The Bertz CT molecular complexity index is 1310. The molecule has 12 heteroatoms. The summed E-state index contributed by atoms with van der Waals surface area (Å²) in [6.07, 6.45) is -0.189. The number of carbonyl (C=O) groups excluding carboxylic acids is 1. The van der Waals surface area contributed by atoms with E-state index in [-0.39, 0.29) is 28.7 Å². The third-order valence-corrected chi connectivity index (χ3v) is 8.24. The van der Waals surface area contributed by atoms with Crippen molar-refractivity contribution in [3.63, 3.8) is 0 Å². The van der Waals surface area contributed by atoms with Gasteiger partial charge < -0.3 is 9.64 Å². The van der Waals surface area contributed by atoms with E-state index in [9.17, 15) is 27.6 Å². The molecule has 1 saturated heterocycles. The van der Waals surface area contributed by atoms with E-state index < -0.39 is 40.8 Å². The largest absolute Gasteiger partial charge is 0.497 e. The second-order valence-corrected chi connectivity index (χ2v) is 10.7. The lowest BCUT2D eigenvalue weighted by atomic mass is 9.73. The van der Waals surface area contributed by atoms with Gasteiger partial charge in [0, 0.05) is 28.1 Å². The van der Waals surface area contributed by atoms with Crippen molar-refractivity contribution in [1.82, 2.24) is 15.4 Å². The number of carbonyl (C=O) groups is 1. The van der Waals surface area contributed by atoms with E-state index in [1.165, 1.54) is 24.9 Å². The molecule has 0 radical (unpaired) electrons. The molecule has 0 saturated carbocycles. The molecular formula is C27H28F5N3O3S. The predicted octanol–water partition coefficient (Wildman–Crippen LogP) is 5.97. The van der Waals surface area contributed by atoms with Gasteiger partial charge in [-0.2, -0.15) is 0 Å². The number of nitrogens with one attached hydrogen (secondary N) is 1. The summed E-state index contributed by atoms with van der Waals surface area (Å²) < 4.78 is 75.5. The number of alkyl halides is 1. The molecule has 39 heavy (non-hydrogen) atoms. The van der Waals surface area contributed by atoms with Crippen molar-refractivity contribution in [3.8, 4) is 5.75 Å². The number of ether oxygens (including phenoxy) is 1. The molecular weight excluding hydrogens is 541 g/mol. The molecule has 1 aliphatic rings. The molecule has 2 heterocycles. The van der Waals surface area contributed by atoms with Crippen LogP contribution in [0.15, 0.2) is 41.4 Å². The summed E-state index contributed by atoms with van der Waals surface area (Å²) in [4.78, 5) is 19.0. The molecule has 1 aromatic heterocycles. The van der Waals surface area contributed by atoms with Crippen LogP contribution in [0.3, 0.4) is 0 Å². The van der Waals surface area contributed by atoms with Gasteiger partial charge >= 0.3 is 0 Å². The van der Waals surface area contributed by atoms with E-state index >= 15 is 4.39 Å². The molecule has 4 rings (SSSR count). The number of hydrogen-bond donors (Lipinski definition) is 2. The maximum Gasteiger partial charge on any atom is 0.249 e. The average molecular weight is 570 g/mol. The molecule has 2 aromatic carbocycles. The lowest BCUT2D eigenvalue weighted by molar-refractivity contribution is -0.143. The van der Waals surface area contributed by atoms with E-state index in [0.29, 0.717) is 49.5 Å². The smallest absolute Gasteiger partial charge is 0.249 e. The van der Waals surface area contributed by atoms with Crippen molar-refractivity contribution in [2.75, 3.05) is 32.5 Å². The fraction of sp³-hybridized carbons (Fsp3) is 0.407. The summed E-state index contributed by atoms with van der Waals surface area (Å²) in [7, 11) is 1.45. The van der Waals surface area contributed by atoms with Crippen LogP contribution < -0.4 is 10.2 Å². The average Bonchev–Trinajstić information content (AvgIpc) is 2.94. The highest BCUT2D eigenvalue weighted by atomic mass is 32.2. The number of nitrogens with zero attached hydrogens (tertiary/aromatic N) is 2. The number of halogens is 5. The number of piperidine rings is 1. The molecule has 3 aromatic rings. The third-order valence-electron chi connectivity index (χ3n) is 7.29. The van der Waals surface area contributed by atoms with Crippen LogP contribution in [-0.2, 0) is 4.79 Å². The van der Waals surface area contributed by atoms with Crippen molar-refractivity contribution in [3.05, 3.63) is 65.4 Å². The van der Waals surface area contributed by atoms with Gasteiger partial charge in [0.05, 0.1) is 24.2 Å². The maximum atomic E-state index is 15.5. The molecule has 2 N–H and O–H groups in total. The normalized spacial score (nSPS) is 16.3. The van der Waals surface area contributed by atoms with Gasteiger partial charge in [-0.25, -0.2) is 27.4 Å². The fourth-order valence-corrected chi connectivity index (χ4v) is 5.94. The fourth-order valence-electron chi connectivity index (χ4n) is 4.98. The number of hydroxylamine groups is 1. The van der Waals surface area contributed by atoms with Gasteiger partial charge in [0.15, 0.2) is 17.5 Å². The van der Waals surface area contributed by atoms with Crippen LogP contribution in [0.25, 0.3) is 10.9 Å². The number of fused-ring (bicyclic) bond motifs is 1. The zero-order chi connectivity index (χ0) is 28.2. The zero-order valence-corrected chi connectivity index (χ0v) is 22.0. The van der Waals surface area contributed by atoms with Crippen molar-refractivity contribution in [2.24, 2.45) is 5.41 Å². The second-order valence-electron chi connectivity index (χ2n) is 9.52. The molecule has 6 nitrogen and oxygen atoms in total. The van der Waals surface area contributed by atoms with E-state index in [1.54, 1.807) is 17.6 Å². The minimum Gasteiger partial charge on any atom is -0.497 e. The van der Waals surface area contributed by atoms with Crippen molar-refractivity contribution < 1.29 is 36.7 Å². The lowest BCUT2D eigenvalue weighted by Crippen LogP contribution is -2.48. The minimum atomic E-state index is -1.73. The first-order valence-corrected chi connectivity index (χ1v) is 13.4. The number of hydrogen-bond acceptors (Lipinski definition) is 6. The Morgan fingerprint density at radius 3 is 2.49 bits per heavy atom. The summed E-state index contributed by atoms with van der Waals surface area (Å²) in [6, 6.07) is 6.66. The van der Waals surface area contributed by atoms with E-state index in [2.05, 4.69) is 4.98 Å². The van der Waals surface area contributed by atoms with Gasteiger partial charge in [-0.15, -0.1) is 11.8 Å². The molecule has 1 fully saturated rings. The van der Waals surface area contributed by atoms with Crippen molar-refractivity contribution >= 4 is 28.6 Å². The first-order valence-electron chi connectivity index (χ1n) is 12.4. The Morgan fingerprint density at radius 1 is 1.15 bits per heavy atom. The van der Waals surface area contributed by atoms with Gasteiger partial charge in [0.1, 0.15) is 17.7 Å². The van der Waals surface area contributed by atoms with E-state index in [4.69, 9.17) is 4.74 Å². The van der Waals surface area contributed by atoms with Crippen LogP contribution in [0.5, 0.6) is 5.75 Å². The Balaban J connectivity index is 1.39. The Morgan fingerprint density at radius 2 is 1.85 bits per heavy atom. The van der Waals surface area contributed by atoms with Gasteiger partial charge in [-0.1, -0.05) is 0 Å². The summed E-state index contributed by atoms with van der Waals surface area (Å²) in [5, 5.41) is 9.68. The van der Waals surface area contributed by atoms with Gasteiger partial charge in [-0.05, 0) is 69.1 Å². The molecule has 0 spiro atoms. The topological polar surface area (TPSA) is 74.7 Å². The standard InChI is InChI=1S/C27H28F5N3O3S/c1-38-16-2-3-23-18(12-16)24(22(31)15-33-23)19(28)4-5-27(26(36)34-37)6-8-35(9-7-27)10-11-39-17-13-20(29)25(32)21(30)14-17/h2-3,12-15,19,37H,4-11H2,1H3,(H,34,36). The lowest BCUT2D eigenvalue weighted by Gasteiger charge is -2.40. The number of aromatic nitrogens is 1. The number of benzene rings is 2. The molecule has 1 unspecified atom stereocenters. The quantitative estimate of drug-likeness (QED) is 0.103. The number of thioether (sulfide) groups is 1. The predicted molar refractivity (Wildman–Crippen MR) is 136 cm³/mol. The van der Waals surface area contributed by atoms with Gasteiger partial charge in [0.25, 0.3) is 0 Å². The Kier molecular flexibility index (Phi) is 9.29. The molecule has 1 amide bonds. The first kappa shape index (κ1) is 29.0. The van der Waals surface area contributed by atoms with Crippen LogP contribution >= 0.6 is 11.8 Å². The number of rotatable bonds is 10. The second kappa shape index (κ2) is 12.5. The Hall–Kier alpha value is -2.96. The summed E-state index contributed by atoms with van der Waals surface area (Å²) >= 11 is 1.17. The molecule has 1 aliphatic heterocycles. The van der Waals surface area contributed by atoms with Crippen molar-refractivity contribution in [2.45, 2.75) is 36.8 Å². The third kappa shape index (κ3) is 6.44. The molecule has 1 atom stereocenters. The molecule has 0 aliphatic carbocycles. The monoisotopic (exact) mass is 569 g/mol. The number of likely N-dealkylation sites (tertiary alicyclic amines) is 1. The first-order chi connectivity index (χ1) is 18.7. The van der Waals surface area contributed by atoms with Crippen molar-refractivity contribution in [1.29, 1.82) is 0 Å². The number of pyridine rings is 1. The highest BCUT2D eigenvalue weighted by molar-refractivity contribution is 7.99. The van der Waals surface area contributed by atoms with Gasteiger partial charge in [0.2, 0.25) is 5.91 Å².